The van der Waals surface area contributed by atoms with Gasteiger partial charge in [0.1, 0.15) is 12.7 Å². The average Bonchev–Trinajstić information content (AvgIpc) is 3.50. The van der Waals surface area contributed by atoms with Crippen LogP contribution in [-0.2, 0) is 9.53 Å². The zero-order valence-electron chi connectivity index (χ0n) is 35.6. The second-order valence-corrected chi connectivity index (χ2v) is 19.0. The maximum Gasteiger partial charge on any atom is 0.305 e. The van der Waals surface area contributed by atoms with E-state index in [1.165, 1.54) is 116 Å². The molecule has 0 aromatic rings. The molecule has 3 fully saturated rings. The predicted octanol–water partition coefficient (Wildman–Crippen LogP) is 12.3. The van der Waals surface area contributed by atoms with Crippen LogP contribution in [0.2, 0.25) is 0 Å². The zero-order chi connectivity index (χ0) is 38.7. The van der Waals surface area contributed by atoms with Crippen molar-refractivity contribution in [2.75, 3.05) is 13.2 Å². The lowest BCUT2D eigenvalue weighted by Gasteiger charge is -2.58. The predicted molar refractivity (Wildman–Crippen MR) is 223 cm³/mol. The third-order valence-corrected chi connectivity index (χ3v) is 14.6. The van der Waals surface area contributed by atoms with Gasteiger partial charge in [-0.3, -0.25) is 4.79 Å². The van der Waals surface area contributed by atoms with Crippen LogP contribution in [0.4, 0.5) is 0 Å². The number of carbonyl (C=O) groups excluding carboxylic acids is 1. The first-order chi connectivity index (χ1) is 25.5. The zero-order valence-corrected chi connectivity index (χ0v) is 35.6. The SMILES string of the molecule is CC(C)CCC[C@@H](C)[C@H]1CC[C@H]2[C@@H]3CC=C4C[C@@H](O)CC[C@]4(C)[C@H]3CC[C@]12C.CCCCCCCC/C=C\CCCCCCCC(=O)OCC(O)CO. The van der Waals surface area contributed by atoms with Gasteiger partial charge in [-0.05, 0) is 130 Å². The molecule has 5 nitrogen and oxygen atoms in total. The lowest BCUT2D eigenvalue weighted by Crippen LogP contribution is -2.50. The van der Waals surface area contributed by atoms with Crippen LogP contribution in [-0.4, -0.2) is 46.7 Å². The summed E-state index contributed by atoms with van der Waals surface area (Å²) in [6.45, 7) is 14.3. The van der Waals surface area contributed by atoms with Gasteiger partial charge in [0.2, 0.25) is 0 Å². The van der Waals surface area contributed by atoms with Gasteiger partial charge in [0, 0.05) is 6.42 Å². The Bertz CT molecular complexity index is 1070. The Kier molecular flexibility index (Phi) is 21.3. The van der Waals surface area contributed by atoms with Gasteiger partial charge in [-0.2, -0.15) is 0 Å². The summed E-state index contributed by atoms with van der Waals surface area (Å²) in [6.07, 6.45) is 37.3. The van der Waals surface area contributed by atoms with Gasteiger partial charge in [-0.15, -0.1) is 0 Å². The first kappa shape index (κ1) is 46.2. The number of allylic oxidation sites excluding steroid dienone is 3. The van der Waals surface area contributed by atoms with Gasteiger partial charge in [0.15, 0.2) is 0 Å². The standard InChI is InChI=1S/C27H46O.C21H40O4/c1-18(2)7-6-8-19(3)23-11-12-24-22-10-9-20-17-21(28)13-15-26(20,4)25(22)14-16-27(23,24)5;1-2-3-4-5-6-7-8-9-10-11-12-13-14-15-16-17-21(24)25-19-20(23)18-22/h9,18-19,21-25,28H,6-8,10-17H2,1-5H3;9-10,20,22-23H,2-8,11-19H2,1H3/b;10-9-/t19-,21+,22+,23-,24+,25+,26+,27-;/m1./s1. The number of carbonyl (C=O) groups is 1. The number of hydrogen-bond acceptors (Lipinski definition) is 5. The monoisotopic (exact) mass is 743 g/mol. The fourth-order valence-electron chi connectivity index (χ4n) is 11.3. The minimum absolute atomic E-state index is 0.0766. The Morgan fingerprint density at radius 1 is 0.849 bits per heavy atom. The van der Waals surface area contributed by atoms with Gasteiger partial charge in [-0.1, -0.05) is 136 Å². The maximum absolute atomic E-state index is 11.4. The summed E-state index contributed by atoms with van der Waals surface area (Å²) < 4.78 is 4.86. The van der Waals surface area contributed by atoms with E-state index in [2.05, 4.69) is 59.8 Å². The third-order valence-electron chi connectivity index (χ3n) is 14.6. The van der Waals surface area contributed by atoms with E-state index in [1.807, 2.05) is 0 Å². The summed E-state index contributed by atoms with van der Waals surface area (Å²) in [4.78, 5) is 11.4. The Morgan fingerprint density at radius 2 is 1.51 bits per heavy atom. The van der Waals surface area contributed by atoms with E-state index in [0.717, 1.165) is 74.0 Å². The molecule has 0 spiro atoms. The number of aliphatic hydroxyl groups is 3. The van der Waals surface area contributed by atoms with Crippen LogP contribution in [0.3, 0.4) is 0 Å². The molecule has 1 unspecified atom stereocenters. The number of esters is 1. The molecular formula is C48H86O5. The highest BCUT2D eigenvalue weighted by atomic mass is 16.5. The van der Waals surface area contributed by atoms with E-state index in [0.29, 0.717) is 17.3 Å². The number of aliphatic hydroxyl groups excluding tert-OH is 3. The molecule has 0 bridgehead atoms. The van der Waals surface area contributed by atoms with Crippen LogP contribution in [0.25, 0.3) is 0 Å². The normalized spacial score (nSPS) is 30.5. The van der Waals surface area contributed by atoms with Gasteiger partial charge >= 0.3 is 5.97 Å². The van der Waals surface area contributed by atoms with Crippen molar-refractivity contribution in [3.8, 4) is 0 Å². The first-order valence-corrected chi connectivity index (χ1v) is 22.9. The molecule has 0 radical (unpaired) electrons. The largest absolute Gasteiger partial charge is 0.463 e. The summed E-state index contributed by atoms with van der Waals surface area (Å²) in [5.74, 6) is 5.17. The van der Waals surface area contributed by atoms with Crippen LogP contribution in [0.15, 0.2) is 23.8 Å². The Morgan fingerprint density at radius 3 is 2.17 bits per heavy atom. The van der Waals surface area contributed by atoms with Crippen molar-refractivity contribution in [3.63, 3.8) is 0 Å². The minimum atomic E-state index is -0.960. The number of ether oxygens (including phenoxy) is 1. The van der Waals surface area contributed by atoms with Crippen molar-refractivity contribution in [1.82, 2.24) is 0 Å². The van der Waals surface area contributed by atoms with Crippen LogP contribution in [0.5, 0.6) is 0 Å². The molecule has 0 amide bonds. The second kappa shape index (κ2) is 24.5. The summed E-state index contributed by atoms with van der Waals surface area (Å²) in [5, 5.41) is 27.9. The summed E-state index contributed by atoms with van der Waals surface area (Å²) in [5.41, 5.74) is 2.60. The molecule has 4 aliphatic rings. The van der Waals surface area contributed by atoms with E-state index < -0.39 is 6.10 Å². The van der Waals surface area contributed by atoms with Crippen LogP contribution >= 0.6 is 0 Å². The molecule has 0 aliphatic heterocycles. The Labute approximate surface area is 327 Å². The van der Waals surface area contributed by atoms with Crippen molar-refractivity contribution in [2.45, 2.75) is 214 Å². The smallest absolute Gasteiger partial charge is 0.305 e. The maximum atomic E-state index is 11.4. The first-order valence-electron chi connectivity index (χ1n) is 22.9. The van der Waals surface area contributed by atoms with Crippen molar-refractivity contribution < 1.29 is 24.9 Å². The lowest BCUT2D eigenvalue weighted by atomic mass is 9.47. The van der Waals surface area contributed by atoms with E-state index in [-0.39, 0.29) is 25.3 Å². The van der Waals surface area contributed by atoms with Crippen LogP contribution < -0.4 is 0 Å². The van der Waals surface area contributed by atoms with E-state index in [4.69, 9.17) is 14.9 Å². The van der Waals surface area contributed by atoms with E-state index in [9.17, 15) is 9.90 Å². The molecule has 0 heterocycles. The van der Waals surface area contributed by atoms with Crippen molar-refractivity contribution >= 4 is 5.97 Å². The Balaban J connectivity index is 0.000000288. The minimum Gasteiger partial charge on any atom is -0.463 e. The molecule has 4 rings (SSSR count). The molecule has 0 aromatic heterocycles. The van der Waals surface area contributed by atoms with Gasteiger partial charge < -0.3 is 20.1 Å². The van der Waals surface area contributed by atoms with Crippen molar-refractivity contribution in [3.05, 3.63) is 23.8 Å². The molecule has 53 heavy (non-hydrogen) atoms. The molecule has 308 valence electrons. The van der Waals surface area contributed by atoms with Crippen LogP contribution in [0, 0.1) is 46.3 Å². The summed E-state index contributed by atoms with van der Waals surface area (Å²) >= 11 is 0. The molecule has 4 aliphatic carbocycles. The van der Waals surface area contributed by atoms with Crippen molar-refractivity contribution in [1.29, 1.82) is 0 Å². The molecule has 3 N–H and O–H groups in total. The van der Waals surface area contributed by atoms with Crippen molar-refractivity contribution in [2.24, 2.45) is 46.3 Å². The molecule has 0 aromatic carbocycles. The average molecular weight is 743 g/mol. The molecule has 5 heteroatoms. The number of fused-ring (bicyclic) bond motifs is 5. The highest BCUT2D eigenvalue weighted by Gasteiger charge is 2.59. The fraction of sp³-hybridized carbons (Fsp3) is 0.896. The lowest BCUT2D eigenvalue weighted by molar-refractivity contribution is -0.147. The highest BCUT2D eigenvalue weighted by molar-refractivity contribution is 5.69. The van der Waals surface area contributed by atoms with Gasteiger partial charge in [0.25, 0.3) is 0 Å². The molecule has 0 saturated heterocycles. The Hall–Kier alpha value is -1.17. The summed E-state index contributed by atoms with van der Waals surface area (Å²) in [7, 11) is 0. The second-order valence-electron chi connectivity index (χ2n) is 19.0. The quantitative estimate of drug-likeness (QED) is 0.0551. The molecule has 9 atom stereocenters. The number of unbranched alkanes of at least 4 members (excludes halogenated alkanes) is 11. The molecule has 3 saturated carbocycles. The summed E-state index contributed by atoms with van der Waals surface area (Å²) in [6, 6.07) is 0. The fourth-order valence-corrected chi connectivity index (χ4v) is 11.3. The van der Waals surface area contributed by atoms with Gasteiger partial charge in [-0.25, -0.2) is 0 Å². The molecular weight excluding hydrogens is 657 g/mol. The number of hydrogen-bond donors (Lipinski definition) is 3. The third kappa shape index (κ3) is 14.7. The van der Waals surface area contributed by atoms with Gasteiger partial charge in [0.05, 0.1) is 12.7 Å². The highest BCUT2D eigenvalue weighted by Crippen LogP contribution is 2.67. The topological polar surface area (TPSA) is 87.0 Å². The van der Waals surface area contributed by atoms with Crippen LogP contribution in [0.1, 0.15) is 202 Å². The number of rotatable bonds is 23. The van der Waals surface area contributed by atoms with E-state index in [1.54, 1.807) is 5.57 Å². The van der Waals surface area contributed by atoms with E-state index >= 15 is 0 Å².